The van der Waals surface area contributed by atoms with Gasteiger partial charge < -0.3 is 15.4 Å². The van der Waals surface area contributed by atoms with Crippen LogP contribution in [0.5, 0.6) is 0 Å². The molecule has 0 aliphatic carbocycles. The van der Waals surface area contributed by atoms with Crippen LogP contribution in [-0.2, 0) is 25.5 Å². The average Bonchev–Trinajstić information content (AvgIpc) is 2.59. The monoisotopic (exact) mass is 401 g/mol. The quantitative estimate of drug-likeness (QED) is 0.665. The van der Waals surface area contributed by atoms with Crippen LogP contribution in [0.15, 0.2) is 18.2 Å². The molecule has 1 aromatic rings. The lowest BCUT2D eigenvalue weighted by Crippen LogP contribution is -2.58. The van der Waals surface area contributed by atoms with Gasteiger partial charge in [0.05, 0.1) is 20.1 Å². The van der Waals surface area contributed by atoms with Gasteiger partial charge in [-0.3, -0.25) is 19.3 Å². The summed E-state index contributed by atoms with van der Waals surface area (Å²) in [4.78, 5) is 37.3. The van der Waals surface area contributed by atoms with Crippen molar-refractivity contribution in [2.45, 2.75) is 18.9 Å². The summed E-state index contributed by atoms with van der Waals surface area (Å²) in [7, 11) is 1.27. The van der Waals surface area contributed by atoms with Gasteiger partial charge in [-0.15, -0.1) is 0 Å². The van der Waals surface area contributed by atoms with Crippen LogP contribution in [0.3, 0.4) is 0 Å². The standard InChI is InChI=1S/C17H21Cl2N3O4/c1-26-16(24)9-14-17(25)21-6-7-22(14)10-15(23)20-5-4-11-2-3-12(18)8-13(11)19/h2-3,8,14H,4-7,9-10H2,1H3,(H,20,23)(H,21,25)/t14-/m1/s1. The molecule has 1 aliphatic heterocycles. The number of nitrogens with zero attached hydrogens (tertiary/aromatic N) is 1. The number of ether oxygens (including phenoxy) is 1. The Kier molecular flexibility index (Phi) is 7.68. The average molecular weight is 402 g/mol. The molecule has 0 saturated carbocycles. The van der Waals surface area contributed by atoms with Gasteiger partial charge in [0, 0.05) is 29.7 Å². The molecule has 1 aromatic carbocycles. The molecule has 1 fully saturated rings. The van der Waals surface area contributed by atoms with E-state index < -0.39 is 12.0 Å². The number of halogens is 2. The third kappa shape index (κ3) is 5.86. The number of methoxy groups -OCH3 is 1. The zero-order chi connectivity index (χ0) is 19.1. The molecule has 142 valence electrons. The minimum atomic E-state index is -0.701. The number of esters is 1. The molecule has 0 radical (unpaired) electrons. The predicted octanol–water partition coefficient (Wildman–Crippen LogP) is 1.02. The Balaban J connectivity index is 1.84. The second-order valence-corrected chi connectivity index (χ2v) is 6.74. The van der Waals surface area contributed by atoms with Crippen molar-refractivity contribution < 1.29 is 19.1 Å². The Morgan fingerprint density at radius 3 is 2.85 bits per heavy atom. The second-order valence-electron chi connectivity index (χ2n) is 5.89. The van der Waals surface area contributed by atoms with E-state index in [2.05, 4.69) is 15.4 Å². The third-order valence-electron chi connectivity index (χ3n) is 4.11. The van der Waals surface area contributed by atoms with Gasteiger partial charge in [0.2, 0.25) is 11.8 Å². The first-order chi connectivity index (χ1) is 12.4. The lowest BCUT2D eigenvalue weighted by molar-refractivity contribution is -0.146. The highest BCUT2D eigenvalue weighted by molar-refractivity contribution is 6.35. The molecule has 2 rings (SSSR count). The van der Waals surface area contributed by atoms with E-state index in [1.165, 1.54) is 7.11 Å². The van der Waals surface area contributed by atoms with Gasteiger partial charge in [0.15, 0.2) is 0 Å². The van der Waals surface area contributed by atoms with Crippen molar-refractivity contribution in [3.05, 3.63) is 33.8 Å². The smallest absolute Gasteiger partial charge is 0.307 e. The fourth-order valence-corrected chi connectivity index (χ4v) is 3.22. The van der Waals surface area contributed by atoms with Gasteiger partial charge in [-0.2, -0.15) is 0 Å². The highest BCUT2D eigenvalue weighted by Crippen LogP contribution is 2.21. The highest BCUT2D eigenvalue weighted by atomic mass is 35.5. The van der Waals surface area contributed by atoms with Crippen LogP contribution >= 0.6 is 23.2 Å². The summed E-state index contributed by atoms with van der Waals surface area (Å²) in [6, 6.07) is 4.52. The van der Waals surface area contributed by atoms with E-state index in [9.17, 15) is 14.4 Å². The molecule has 0 bridgehead atoms. The molecule has 9 heteroatoms. The first kappa shape index (κ1) is 20.5. The number of hydrogen-bond donors (Lipinski definition) is 2. The van der Waals surface area contributed by atoms with E-state index in [0.717, 1.165) is 5.56 Å². The predicted molar refractivity (Wildman–Crippen MR) is 98.2 cm³/mol. The van der Waals surface area contributed by atoms with Gasteiger partial charge in [-0.05, 0) is 24.1 Å². The Labute approximate surface area is 162 Å². The number of carbonyl (C=O) groups excluding carboxylic acids is 3. The molecule has 2 N–H and O–H groups in total. The summed E-state index contributed by atoms with van der Waals surface area (Å²) in [6.45, 7) is 1.36. The fraction of sp³-hybridized carbons (Fsp3) is 0.471. The molecule has 26 heavy (non-hydrogen) atoms. The summed E-state index contributed by atoms with van der Waals surface area (Å²) in [5, 5.41) is 6.61. The molecular formula is C17H21Cl2N3O4. The van der Waals surface area contributed by atoms with E-state index in [1.807, 2.05) is 6.07 Å². The van der Waals surface area contributed by atoms with Crippen LogP contribution in [0, 0.1) is 0 Å². The van der Waals surface area contributed by atoms with Crippen LogP contribution in [0.25, 0.3) is 0 Å². The van der Waals surface area contributed by atoms with Gasteiger partial charge in [-0.1, -0.05) is 29.3 Å². The van der Waals surface area contributed by atoms with Crippen molar-refractivity contribution in [2.24, 2.45) is 0 Å². The fourth-order valence-electron chi connectivity index (χ4n) is 2.72. The van der Waals surface area contributed by atoms with E-state index in [0.29, 0.717) is 36.1 Å². The van der Waals surface area contributed by atoms with Crippen molar-refractivity contribution in [3.63, 3.8) is 0 Å². The van der Waals surface area contributed by atoms with Crippen molar-refractivity contribution in [1.29, 1.82) is 0 Å². The Morgan fingerprint density at radius 2 is 2.15 bits per heavy atom. The first-order valence-electron chi connectivity index (χ1n) is 8.20. The largest absolute Gasteiger partial charge is 0.469 e. The molecule has 0 aromatic heterocycles. The molecule has 1 aliphatic rings. The van der Waals surface area contributed by atoms with Gasteiger partial charge in [0.25, 0.3) is 0 Å². The van der Waals surface area contributed by atoms with Crippen molar-refractivity contribution >= 4 is 41.0 Å². The second kappa shape index (κ2) is 9.75. The van der Waals surface area contributed by atoms with Crippen LogP contribution in [-0.4, -0.2) is 62.0 Å². The minimum Gasteiger partial charge on any atom is -0.469 e. The lowest BCUT2D eigenvalue weighted by Gasteiger charge is -2.33. The van der Waals surface area contributed by atoms with Crippen molar-refractivity contribution in [2.75, 3.05) is 33.3 Å². The lowest BCUT2D eigenvalue weighted by atomic mass is 10.1. The normalized spacial score (nSPS) is 17.5. The van der Waals surface area contributed by atoms with Crippen LogP contribution in [0.1, 0.15) is 12.0 Å². The van der Waals surface area contributed by atoms with Crippen molar-refractivity contribution in [1.82, 2.24) is 15.5 Å². The van der Waals surface area contributed by atoms with E-state index in [4.69, 9.17) is 23.2 Å². The maximum atomic E-state index is 12.2. The maximum Gasteiger partial charge on any atom is 0.307 e. The zero-order valence-electron chi connectivity index (χ0n) is 14.4. The van der Waals surface area contributed by atoms with Gasteiger partial charge >= 0.3 is 5.97 Å². The summed E-state index contributed by atoms with van der Waals surface area (Å²) >= 11 is 12.0. The number of hydrogen-bond acceptors (Lipinski definition) is 5. The summed E-state index contributed by atoms with van der Waals surface area (Å²) in [5.74, 6) is -0.989. The Hall–Kier alpha value is -1.83. The molecule has 1 saturated heterocycles. The number of carbonyl (C=O) groups is 3. The topological polar surface area (TPSA) is 87.7 Å². The van der Waals surface area contributed by atoms with Gasteiger partial charge in [-0.25, -0.2) is 0 Å². The highest BCUT2D eigenvalue weighted by Gasteiger charge is 2.32. The van der Waals surface area contributed by atoms with E-state index >= 15 is 0 Å². The minimum absolute atomic E-state index is 0.0312. The zero-order valence-corrected chi connectivity index (χ0v) is 15.9. The van der Waals surface area contributed by atoms with Crippen LogP contribution < -0.4 is 10.6 Å². The molecular weight excluding hydrogens is 381 g/mol. The van der Waals surface area contributed by atoms with E-state index in [-0.39, 0.29) is 24.8 Å². The summed E-state index contributed by atoms with van der Waals surface area (Å²) in [6.07, 6.45) is 0.476. The van der Waals surface area contributed by atoms with E-state index in [1.54, 1.807) is 17.0 Å². The van der Waals surface area contributed by atoms with Crippen LogP contribution in [0.2, 0.25) is 10.0 Å². The maximum absolute atomic E-state index is 12.2. The molecule has 0 spiro atoms. The number of rotatable bonds is 7. The third-order valence-corrected chi connectivity index (χ3v) is 4.69. The summed E-state index contributed by atoms with van der Waals surface area (Å²) in [5.41, 5.74) is 0.886. The molecule has 2 amide bonds. The molecule has 7 nitrogen and oxygen atoms in total. The number of nitrogens with one attached hydrogen (secondary N) is 2. The molecule has 1 heterocycles. The number of benzene rings is 1. The summed E-state index contributed by atoms with van der Waals surface area (Å²) < 4.78 is 4.62. The van der Waals surface area contributed by atoms with Gasteiger partial charge in [0.1, 0.15) is 6.04 Å². The SMILES string of the molecule is COC(=O)C[C@@H]1C(=O)NCCN1CC(=O)NCCc1ccc(Cl)cc1Cl. The first-order valence-corrected chi connectivity index (χ1v) is 8.95. The Morgan fingerprint density at radius 1 is 1.38 bits per heavy atom. The molecule has 1 atom stereocenters. The van der Waals surface area contributed by atoms with Crippen molar-refractivity contribution in [3.8, 4) is 0 Å². The number of amides is 2. The van der Waals surface area contributed by atoms with Crippen LogP contribution in [0.4, 0.5) is 0 Å². The molecule has 0 unspecified atom stereocenters. The Bertz CT molecular complexity index is 684. The number of piperazine rings is 1.